The van der Waals surface area contributed by atoms with E-state index in [1.54, 1.807) is 98.1 Å². The first-order valence-corrected chi connectivity index (χ1v) is 28.9. The third-order valence-corrected chi connectivity index (χ3v) is 15.5. The summed E-state index contributed by atoms with van der Waals surface area (Å²) in [6.45, 7) is 4.41. The normalized spacial score (nSPS) is 23.8. The summed E-state index contributed by atoms with van der Waals surface area (Å²) < 4.78 is 23.5. The zero-order chi connectivity index (χ0) is 59.3. The number of likely N-dealkylation sites (N-methyl/N-ethyl adjacent to an activating group) is 2. The maximum Gasteiger partial charge on any atom is 0.309 e. The van der Waals surface area contributed by atoms with Crippen molar-refractivity contribution in [3.05, 3.63) is 150 Å². The monoisotopic (exact) mass is 1140 g/mol. The van der Waals surface area contributed by atoms with Crippen LogP contribution < -0.4 is 26.6 Å². The number of hydrogen-bond donors (Lipinski definition) is 5. The number of rotatable bonds is 18. The second-order valence-electron chi connectivity index (χ2n) is 21.7. The minimum absolute atomic E-state index is 0.00922. The Bertz CT molecular complexity index is 2930. The number of imidazole rings is 1. The number of halogens is 1. The average molecular weight is 1140 g/mol. The lowest BCUT2D eigenvalue weighted by Gasteiger charge is -2.36. The first-order valence-electron chi connectivity index (χ1n) is 28.9. The van der Waals surface area contributed by atoms with Crippen LogP contribution in [0, 0.1) is 17.7 Å². The van der Waals surface area contributed by atoms with E-state index in [4.69, 9.17) is 4.74 Å². The molecule has 2 aliphatic heterocycles. The Morgan fingerprint density at radius 2 is 1.13 bits per heavy atom. The molecule has 2 bridgehead atoms. The van der Waals surface area contributed by atoms with Gasteiger partial charge >= 0.3 is 5.97 Å². The summed E-state index contributed by atoms with van der Waals surface area (Å²) in [4.78, 5) is 133. The maximum absolute atomic E-state index is 15.5. The van der Waals surface area contributed by atoms with Crippen molar-refractivity contribution < 1.29 is 47.5 Å². The maximum atomic E-state index is 15.5. The molecule has 8 rings (SSSR count). The lowest BCUT2D eigenvalue weighted by Crippen LogP contribution is -2.60. The lowest BCUT2D eigenvalue weighted by atomic mass is 9.75. The largest absolute Gasteiger partial charge is 0.452 e. The van der Waals surface area contributed by atoms with E-state index in [2.05, 4.69) is 41.5 Å². The van der Waals surface area contributed by atoms with Crippen LogP contribution in [0.25, 0.3) is 0 Å². The van der Waals surface area contributed by atoms with Gasteiger partial charge in [-0.15, -0.1) is 0 Å². The van der Waals surface area contributed by atoms with E-state index in [1.165, 1.54) is 42.1 Å². The number of hydrogen-bond acceptors (Lipinski definition) is 12. The van der Waals surface area contributed by atoms with Crippen molar-refractivity contribution in [1.29, 1.82) is 0 Å². The van der Waals surface area contributed by atoms with Crippen LogP contribution in [0.5, 0.6) is 0 Å². The molecule has 7 atom stereocenters. The summed E-state index contributed by atoms with van der Waals surface area (Å²) in [5, 5.41) is 14.4. The highest BCUT2D eigenvalue weighted by Crippen LogP contribution is 2.35. The van der Waals surface area contributed by atoms with Gasteiger partial charge in [-0.1, -0.05) is 100 Å². The van der Waals surface area contributed by atoms with Gasteiger partial charge in [-0.25, -0.2) is 9.37 Å². The first-order chi connectivity index (χ1) is 40.1. The summed E-state index contributed by atoms with van der Waals surface area (Å²) in [5.74, 6) is -6.79. The van der Waals surface area contributed by atoms with Crippen LogP contribution in [0.1, 0.15) is 100 Å². The van der Waals surface area contributed by atoms with Gasteiger partial charge < -0.3 is 45.7 Å². The zero-order valence-electron chi connectivity index (χ0n) is 47.8. The van der Waals surface area contributed by atoms with E-state index in [0.29, 0.717) is 68.2 Å². The molecular formula is C62H78FN11O9. The van der Waals surface area contributed by atoms with Crippen molar-refractivity contribution in [1.82, 2.24) is 55.9 Å². The first kappa shape index (κ1) is 62.2. The van der Waals surface area contributed by atoms with Crippen molar-refractivity contribution in [2.45, 2.75) is 153 Å². The number of pyridine rings is 2. The average Bonchev–Trinajstić information content (AvgIpc) is 4.06. The van der Waals surface area contributed by atoms with Gasteiger partial charge in [0.2, 0.25) is 35.4 Å². The number of esters is 1. The number of fused-ring (bicyclic) bond motifs is 23. The van der Waals surface area contributed by atoms with Crippen LogP contribution in [0.4, 0.5) is 4.39 Å². The molecule has 0 radical (unpaired) electrons. The van der Waals surface area contributed by atoms with E-state index in [1.807, 2.05) is 24.5 Å². The smallest absolute Gasteiger partial charge is 0.309 e. The van der Waals surface area contributed by atoms with Gasteiger partial charge in [0.25, 0.3) is 5.91 Å². The molecule has 20 nitrogen and oxygen atoms in total. The van der Waals surface area contributed by atoms with Crippen LogP contribution in [0.2, 0.25) is 0 Å². The molecule has 3 aliphatic rings. The number of ether oxygens (including phenoxy) is 1. The highest BCUT2D eigenvalue weighted by molar-refractivity contribution is 5.97. The molecule has 21 heteroatoms. The molecule has 5 N–H and O–H groups in total. The van der Waals surface area contributed by atoms with Crippen LogP contribution in [-0.4, -0.2) is 140 Å². The zero-order valence-corrected chi connectivity index (χ0v) is 47.8. The number of aryl methyl sites for hydroxylation is 1. The van der Waals surface area contributed by atoms with E-state index in [9.17, 15) is 33.6 Å². The number of unbranched alkanes of at least 4 members (excludes halogenated alkanes) is 2. The number of carbonyl (C=O) groups excluding carboxylic acids is 8. The standard InChI is InChI=1S/C62H78FN11O9/c1-5-7-23-48-55(75)70-51(36-45-21-12-13-22-47(45)63)57(77)69-49(24-8-6-2)60(80)73(4)53(34-43-20-15-27-65-38-43)58(78)67-39-44-31-46(32-44)62(82)83-54(35-41-17-10-9-11-18-41)61(81)72(3)52(25-16-29-74-30-28-66-40-74)59(79)71-50(56(76)68-48)33-42-19-14-26-64-37-42/h9-15,17-22,26-28,30,37-38,40,44,46,48-54H,5-8,16,23-25,29,31-36,39H2,1-4H3,(H,67,78)(H,68,76)(H,69,77)(H,70,75)(H,71,79)/t44?,46?,48-,49-,50-,51-,52-,53-,54-/m0/s1. The Morgan fingerprint density at radius 1 is 0.554 bits per heavy atom. The van der Waals surface area contributed by atoms with Gasteiger partial charge in [0.15, 0.2) is 6.10 Å². The fourth-order valence-corrected chi connectivity index (χ4v) is 10.5. The van der Waals surface area contributed by atoms with E-state index in [0.717, 1.165) is 0 Å². The van der Waals surface area contributed by atoms with Crippen LogP contribution in [-0.2, 0) is 75.3 Å². The summed E-state index contributed by atoms with van der Waals surface area (Å²) in [7, 11) is 2.95. The Labute approximate surface area is 484 Å². The van der Waals surface area contributed by atoms with Crippen molar-refractivity contribution in [2.24, 2.45) is 11.8 Å². The number of nitrogens with zero attached hydrogens (tertiary/aromatic N) is 6. The third kappa shape index (κ3) is 18.1. The summed E-state index contributed by atoms with van der Waals surface area (Å²) in [6, 6.07) is 14.1. The highest BCUT2D eigenvalue weighted by Gasteiger charge is 2.42. The van der Waals surface area contributed by atoms with Gasteiger partial charge in [0.1, 0.15) is 42.1 Å². The summed E-state index contributed by atoms with van der Waals surface area (Å²) >= 11 is 0. The van der Waals surface area contributed by atoms with Gasteiger partial charge in [-0.3, -0.25) is 48.3 Å². The van der Waals surface area contributed by atoms with Crippen LogP contribution >= 0.6 is 0 Å². The second-order valence-corrected chi connectivity index (χ2v) is 21.7. The van der Waals surface area contributed by atoms with Crippen molar-refractivity contribution >= 4 is 47.3 Å². The van der Waals surface area contributed by atoms with E-state index >= 15 is 9.18 Å². The van der Waals surface area contributed by atoms with Crippen molar-refractivity contribution in [3.63, 3.8) is 0 Å². The molecule has 442 valence electrons. The predicted molar refractivity (Wildman–Crippen MR) is 307 cm³/mol. The van der Waals surface area contributed by atoms with E-state index < -0.39 is 101 Å². The Balaban J connectivity index is 1.27. The predicted octanol–water partition coefficient (Wildman–Crippen LogP) is 4.60. The number of carbonyl (C=O) groups is 8. The molecule has 2 aromatic carbocycles. The topological polar surface area (TPSA) is 256 Å². The molecule has 83 heavy (non-hydrogen) atoms. The Morgan fingerprint density at radius 3 is 1.77 bits per heavy atom. The molecule has 1 aliphatic carbocycles. The lowest BCUT2D eigenvalue weighted by molar-refractivity contribution is -0.168. The summed E-state index contributed by atoms with van der Waals surface area (Å²) in [5.41, 5.74) is 2.03. The quantitative estimate of drug-likeness (QED) is 0.0596. The minimum atomic E-state index is -1.48. The number of amides is 7. The minimum Gasteiger partial charge on any atom is -0.452 e. The molecule has 5 heterocycles. The molecule has 3 aromatic heterocycles. The second kappa shape index (κ2) is 31.2. The molecule has 1 saturated carbocycles. The fraction of sp³-hybridized carbons (Fsp3) is 0.468. The van der Waals surface area contributed by atoms with Crippen molar-refractivity contribution in [3.8, 4) is 0 Å². The molecule has 2 saturated heterocycles. The molecule has 0 spiro atoms. The van der Waals surface area contributed by atoms with Gasteiger partial charge in [-0.05, 0) is 84.9 Å². The summed E-state index contributed by atoms with van der Waals surface area (Å²) in [6.07, 6.45) is 13.2. The Kier molecular flexibility index (Phi) is 23.4. The van der Waals surface area contributed by atoms with Crippen LogP contribution in [0.3, 0.4) is 0 Å². The molecule has 0 unspecified atom stereocenters. The van der Waals surface area contributed by atoms with Gasteiger partial charge in [0.05, 0.1) is 12.2 Å². The van der Waals surface area contributed by atoms with E-state index in [-0.39, 0.29) is 63.0 Å². The number of benzene rings is 2. The molecular weight excluding hydrogens is 1060 g/mol. The van der Waals surface area contributed by atoms with Gasteiger partial charge in [0, 0.05) is 90.0 Å². The van der Waals surface area contributed by atoms with Gasteiger partial charge in [-0.2, -0.15) is 0 Å². The molecule has 5 aromatic rings. The highest BCUT2D eigenvalue weighted by atomic mass is 19.1. The SMILES string of the molecule is CCCC[C@@H]1NC(=O)[C@H](Cc2cccnc2)NC(=O)[C@H](CCCn2ccnc2)N(C)C(=O)[C@H](Cc2ccccc2)OC(=O)C2CC(CNC(=O)[C@H](Cc3cccnc3)N(C)C(=O)[C@H](CCCC)NC(=O)[C@H](Cc3ccccc3F)NC1=O)C2. The Hall–Kier alpha value is -8.36. The number of aromatic nitrogens is 4. The molecule has 3 fully saturated rings. The number of nitrogens with one attached hydrogen (secondary N) is 5. The van der Waals surface area contributed by atoms with Crippen molar-refractivity contribution in [2.75, 3.05) is 20.6 Å². The fourth-order valence-electron chi connectivity index (χ4n) is 10.5. The molecule has 7 amide bonds. The van der Waals surface area contributed by atoms with Crippen LogP contribution in [0.15, 0.2) is 122 Å². The third-order valence-electron chi connectivity index (χ3n) is 15.5.